The van der Waals surface area contributed by atoms with Crippen molar-refractivity contribution in [2.45, 2.75) is 6.92 Å². The van der Waals surface area contributed by atoms with Gasteiger partial charge in [-0.15, -0.1) is 0 Å². The first kappa shape index (κ1) is 13.1. The molecule has 0 aliphatic heterocycles. The van der Waals surface area contributed by atoms with E-state index in [1.807, 2.05) is 31.2 Å². The molecule has 21 heavy (non-hydrogen) atoms. The zero-order valence-corrected chi connectivity index (χ0v) is 11.4. The normalized spacial score (nSPS) is 10.7. The van der Waals surface area contributed by atoms with Gasteiger partial charge in [0.25, 0.3) is 0 Å². The number of nitrogens with two attached hydrogens (primary N) is 1. The van der Waals surface area contributed by atoms with Crippen molar-refractivity contribution in [2.75, 3.05) is 5.73 Å². The largest absolute Gasteiger partial charge is 0.393 e. The summed E-state index contributed by atoms with van der Waals surface area (Å²) in [7, 11) is 0. The summed E-state index contributed by atoms with van der Waals surface area (Å²) in [5, 5.41) is 12.0. The molecule has 3 rings (SSSR count). The molecule has 0 atom stereocenters. The molecule has 3 aromatic rings. The topological polar surface area (TPSA) is 82.0 Å². The second-order valence-electron chi connectivity index (χ2n) is 4.87. The summed E-state index contributed by atoms with van der Waals surface area (Å²) in [5.41, 5.74) is 8.69. The van der Waals surface area contributed by atoms with Gasteiger partial charge in [-0.05, 0) is 19.1 Å². The summed E-state index contributed by atoms with van der Waals surface area (Å²) >= 11 is 0. The number of nitrogens with zero attached hydrogens (tertiary/aromatic N) is 2. The first-order valence-corrected chi connectivity index (χ1v) is 6.47. The summed E-state index contributed by atoms with van der Waals surface area (Å²) in [4.78, 5) is 15.4. The number of aryl methyl sites for hydroxylation is 1. The van der Waals surface area contributed by atoms with Gasteiger partial charge in [-0.25, -0.2) is 4.98 Å². The van der Waals surface area contributed by atoms with Crippen molar-refractivity contribution in [1.29, 1.82) is 0 Å². The Kier molecular flexibility index (Phi) is 3.02. The van der Waals surface area contributed by atoms with Crippen LogP contribution in [0.5, 0.6) is 0 Å². The number of hydrogen-bond acceptors (Lipinski definition) is 4. The molecule has 1 heterocycles. The summed E-state index contributed by atoms with van der Waals surface area (Å²) in [6.45, 7) is 1.93. The Labute approximate surface area is 121 Å². The quantitative estimate of drug-likeness (QED) is 0.572. The van der Waals surface area contributed by atoms with Crippen LogP contribution < -0.4 is 5.73 Å². The van der Waals surface area contributed by atoms with Crippen LogP contribution in [0.25, 0.3) is 22.2 Å². The number of hydrogen-bond donors (Lipinski definition) is 1. The van der Waals surface area contributed by atoms with Gasteiger partial charge in [0.05, 0.1) is 10.4 Å². The molecule has 0 amide bonds. The lowest BCUT2D eigenvalue weighted by Crippen LogP contribution is -2.02. The first-order valence-electron chi connectivity index (χ1n) is 6.47. The maximum absolute atomic E-state index is 11.4. The van der Waals surface area contributed by atoms with E-state index >= 15 is 0 Å². The maximum atomic E-state index is 11.4. The van der Waals surface area contributed by atoms with Gasteiger partial charge in [0, 0.05) is 10.9 Å². The van der Waals surface area contributed by atoms with E-state index in [4.69, 9.17) is 5.73 Å². The molecule has 0 bridgehead atoms. The SMILES string of the molecule is Cc1cccc(-c2nc3ccccc3c(N)c2[N+](=O)[O-])c1. The molecule has 0 aliphatic rings. The van der Waals surface area contributed by atoms with Crippen LogP contribution in [0.4, 0.5) is 11.4 Å². The predicted molar refractivity (Wildman–Crippen MR) is 83.0 cm³/mol. The molecule has 0 fully saturated rings. The van der Waals surface area contributed by atoms with Crippen molar-refractivity contribution in [2.24, 2.45) is 0 Å². The Morgan fingerprint density at radius 1 is 1.14 bits per heavy atom. The maximum Gasteiger partial charge on any atom is 0.318 e. The van der Waals surface area contributed by atoms with Crippen LogP contribution in [0.3, 0.4) is 0 Å². The fraction of sp³-hybridized carbons (Fsp3) is 0.0625. The molecule has 0 aliphatic carbocycles. The number of fused-ring (bicyclic) bond motifs is 1. The minimum atomic E-state index is -0.466. The van der Waals surface area contributed by atoms with Crippen molar-refractivity contribution in [3.8, 4) is 11.3 Å². The van der Waals surface area contributed by atoms with Crippen molar-refractivity contribution in [1.82, 2.24) is 4.98 Å². The van der Waals surface area contributed by atoms with Crippen LogP contribution in [0, 0.1) is 17.0 Å². The number of aromatic nitrogens is 1. The van der Waals surface area contributed by atoms with E-state index < -0.39 is 4.92 Å². The highest BCUT2D eigenvalue weighted by molar-refractivity contribution is 5.99. The van der Waals surface area contributed by atoms with Gasteiger partial charge in [0.15, 0.2) is 5.69 Å². The van der Waals surface area contributed by atoms with Gasteiger partial charge < -0.3 is 5.73 Å². The number of para-hydroxylation sites is 1. The fourth-order valence-corrected chi connectivity index (χ4v) is 2.41. The third kappa shape index (κ3) is 2.18. The van der Waals surface area contributed by atoms with E-state index in [1.54, 1.807) is 24.3 Å². The van der Waals surface area contributed by atoms with Crippen molar-refractivity contribution < 1.29 is 4.92 Å². The zero-order chi connectivity index (χ0) is 15.0. The third-order valence-corrected chi connectivity index (χ3v) is 3.38. The van der Waals surface area contributed by atoms with Crippen molar-refractivity contribution >= 4 is 22.3 Å². The Morgan fingerprint density at radius 2 is 1.90 bits per heavy atom. The van der Waals surface area contributed by atoms with E-state index in [0.29, 0.717) is 22.2 Å². The number of anilines is 1. The first-order chi connectivity index (χ1) is 10.1. The van der Waals surface area contributed by atoms with Crippen LogP contribution in [-0.2, 0) is 0 Å². The highest BCUT2D eigenvalue weighted by Gasteiger charge is 2.23. The van der Waals surface area contributed by atoms with E-state index in [9.17, 15) is 10.1 Å². The standard InChI is InChI=1S/C16H13N3O2/c1-10-5-4-6-11(9-10)15-16(19(20)21)14(17)12-7-2-3-8-13(12)18-15/h2-9H,1H3,(H2,17,18). The van der Waals surface area contributed by atoms with Crippen molar-refractivity contribution in [3.05, 3.63) is 64.2 Å². The number of benzene rings is 2. The molecule has 1 aromatic heterocycles. The molecule has 2 N–H and O–H groups in total. The van der Waals surface area contributed by atoms with E-state index in [1.165, 1.54) is 0 Å². The van der Waals surface area contributed by atoms with Crippen LogP contribution in [-0.4, -0.2) is 9.91 Å². The molecule has 0 radical (unpaired) electrons. The Hall–Kier alpha value is -2.95. The second kappa shape index (κ2) is 4.86. The number of nitro groups is 1. The number of pyridine rings is 1. The Morgan fingerprint density at radius 3 is 2.62 bits per heavy atom. The second-order valence-corrected chi connectivity index (χ2v) is 4.87. The highest BCUT2D eigenvalue weighted by Crippen LogP contribution is 2.37. The summed E-state index contributed by atoms with van der Waals surface area (Å²) in [6.07, 6.45) is 0. The van der Waals surface area contributed by atoms with E-state index in [-0.39, 0.29) is 11.4 Å². The van der Waals surface area contributed by atoms with Crippen molar-refractivity contribution in [3.63, 3.8) is 0 Å². The molecule has 0 spiro atoms. The summed E-state index contributed by atoms with van der Waals surface area (Å²) in [5.74, 6) is 0. The number of nitrogen functional groups attached to an aromatic ring is 1. The Balaban J connectivity index is 2.40. The van der Waals surface area contributed by atoms with Crippen LogP contribution >= 0.6 is 0 Å². The van der Waals surface area contributed by atoms with Gasteiger partial charge in [-0.1, -0.05) is 42.0 Å². The lowest BCUT2D eigenvalue weighted by molar-refractivity contribution is -0.383. The third-order valence-electron chi connectivity index (χ3n) is 3.38. The molecule has 0 saturated heterocycles. The fourth-order valence-electron chi connectivity index (χ4n) is 2.41. The average Bonchev–Trinajstić information content (AvgIpc) is 2.46. The van der Waals surface area contributed by atoms with Gasteiger partial charge in [-0.2, -0.15) is 0 Å². The predicted octanol–water partition coefficient (Wildman–Crippen LogP) is 3.70. The smallest absolute Gasteiger partial charge is 0.318 e. The van der Waals surface area contributed by atoms with Crippen LogP contribution in [0.1, 0.15) is 5.56 Å². The highest BCUT2D eigenvalue weighted by atomic mass is 16.6. The van der Waals surface area contributed by atoms with Gasteiger partial charge in [-0.3, -0.25) is 10.1 Å². The molecule has 2 aromatic carbocycles. The lowest BCUT2D eigenvalue weighted by Gasteiger charge is -2.09. The molecule has 0 saturated carbocycles. The van der Waals surface area contributed by atoms with Crippen LogP contribution in [0.2, 0.25) is 0 Å². The summed E-state index contributed by atoms with van der Waals surface area (Å²) < 4.78 is 0. The number of rotatable bonds is 2. The van der Waals surface area contributed by atoms with E-state index in [0.717, 1.165) is 5.56 Å². The minimum absolute atomic E-state index is 0.140. The summed E-state index contributed by atoms with van der Waals surface area (Å²) in [6, 6.07) is 14.6. The monoisotopic (exact) mass is 279 g/mol. The minimum Gasteiger partial charge on any atom is -0.393 e. The molecule has 5 nitrogen and oxygen atoms in total. The average molecular weight is 279 g/mol. The molecule has 104 valence electrons. The Bertz CT molecular complexity index is 859. The molecular weight excluding hydrogens is 266 g/mol. The lowest BCUT2D eigenvalue weighted by atomic mass is 10.0. The van der Waals surface area contributed by atoms with Gasteiger partial charge in [0.2, 0.25) is 0 Å². The van der Waals surface area contributed by atoms with E-state index in [2.05, 4.69) is 4.98 Å². The molecule has 0 unspecified atom stereocenters. The zero-order valence-electron chi connectivity index (χ0n) is 11.4. The molecule has 5 heteroatoms. The molecular formula is C16H13N3O2. The van der Waals surface area contributed by atoms with Gasteiger partial charge in [0.1, 0.15) is 5.69 Å². The van der Waals surface area contributed by atoms with Crippen LogP contribution in [0.15, 0.2) is 48.5 Å². The van der Waals surface area contributed by atoms with Gasteiger partial charge >= 0.3 is 5.69 Å².